The Bertz CT molecular complexity index is 1290. The predicted molar refractivity (Wildman–Crippen MR) is 133 cm³/mol. The zero-order valence-electron chi connectivity index (χ0n) is 20.1. The third-order valence-corrected chi connectivity index (χ3v) is 5.80. The maximum Gasteiger partial charge on any atom is 0.338 e. The van der Waals surface area contributed by atoms with Crippen LogP contribution in [0.4, 0.5) is 10.1 Å². The number of rotatable bonds is 10. The number of anilines is 1. The van der Waals surface area contributed by atoms with Crippen LogP contribution in [0.5, 0.6) is 5.75 Å². The summed E-state index contributed by atoms with van der Waals surface area (Å²) in [6, 6.07) is 17.5. The van der Waals surface area contributed by atoms with Crippen molar-refractivity contribution >= 4 is 29.3 Å². The summed E-state index contributed by atoms with van der Waals surface area (Å²) in [4.78, 5) is 51.1. The quantitative estimate of drug-likeness (QED) is 0.255. The van der Waals surface area contributed by atoms with E-state index in [1.165, 1.54) is 36.4 Å². The molecule has 1 N–H and O–H groups in total. The Balaban J connectivity index is 1.31. The molecule has 0 aromatic heterocycles. The predicted octanol–water partition coefficient (Wildman–Crippen LogP) is 3.69. The number of nitrogens with one attached hydrogen (secondary N) is 1. The van der Waals surface area contributed by atoms with Crippen molar-refractivity contribution in [3.8, 4) is 5.75 Å². The van der Waals surface area contributed by atoms with E-state index >= 15 is 0 Å². The Morgan fingerprint density at radius 3 is 2.24 bits per heavy atom. The highest BCUT2D eigenvalue weighted by Gasteiger charge is 2.39. The van der Waals surface area contributed by atoms with Crippen LogP contribution in [0, 0.1) is 5.82 Å². The summed E-state index contributed by atoms with van der Waals surface area (Å²) in [5, 5.41) is 3.03. The molecule has 0 bridgehead atoms. The molecule has 1 atom stereocenters. The number of amides is 2. The summed E-state index contributed by atoms with van der Waals surface area (Å²) in [6.45, 7) is 2.24. The summed E-state index contributed by atoms with van der Waals surface area (Å²) >= 11 is 0. The maximum atomic E-state index is 13.1. The molecule has 1 saturated heterocycles. The Kier molecular flexibility index (Phi) is 8.05. The van der Waals surface area contributed by atoms with Crippen LogP contribution in [0.3, 0.4) is 0 Å². The number of ketones is 1. The van der Waals surface area contributed by atoms with E-state index < -0.39 is 24.5 Å². The summed E-state index contributed by atoms with van der Waals surface area (Å²) in [7, 11) is 0. The second-order valence-electron chi connectivity index (χ2n) is 8.34. The number of hydrogen-bond donors (Lipinski definition) is 1. The van der Waals surface area contributed by atoms with Crippen LogP contribution in [-0.4, -0.2) is 42.8 Å². The first-order valence-corrected chi connectivity index (χ1v) is 11.7. The van der Waals surface area contributed by atoms with E-state index in [1.54, 1.807) is 36.4 Å². The molecule has 0 saturated carbocycles. The van der Waals surface area contributed by atoms with E-state index in [9.17, 15) is 23.6 Å². The average Bonchev–Trinajstić information content (AvgIpc) is 3.20. The van der Waals surface area contributed by atoms with Crippen LogP contribution in [0.2, 0.25) is 0 Å². The number of esters is 1. The van der Waals surface area contributed by atoms with Gasteiger partial charge in [0.25, 0.3) is 5.91 Å². The fraction of sp³-hybridized carbons (Fsp3) is 0.214. The minimum absolute atomic E-state index is 0.0164. The lowest BCUT2D eigenvalue weighted by Crippen LogP contribution is -2.38. The first-order valence-electron chi connectivity index (χ1n) is 11.7. The monoisotopic (exact) mass is 504 g/mol. The molecule has 0 spiro atoms. The molecule has 1 aliphatic heterocycles. The zero-order valence-corrected chi connectivity index (χ0v) is 20.1. The second-order valence-corrected chi connectivity index (χ2v) is 8.34. The number of Topliss-reactive ketones (excluding diaryl/α,β-unsaturated/α-hetero) is 1. The third-order valence-electron chi connectivity index (χ3n) is 5.80. The molecule has 1 fully saturated rings. The molecule has 0 aliphatic carbocycles. The molecule has 1 heterocycles. The number of hydrogen-bond acceptors (Lipinski definition) is 7. The van der Waals surface area contributed by atoms with Gasteiger partial charge in [0.15, 0.2) is 12.4 Å². The molecule has 3 aromatic carbocycles. The van der Waals surface area contributed by atoms with Crippen LogP contribution in [0.15, 0.2) is 72.8 Å². The molecular formula is C28H25FN2O6. The number of carbonyl (C=O) groups excluding carboxylic acids is 4. The van der Waals surface area contributed by atoms with Gasteiger partial charge in [0.05, 0.1) is 30.3 Å². The summed E-state index contributed by atoms with van der Waals surface area (Å²) in [6.07, 6.45) is -0.0164. The lowest BCUT2D eigenvalue weighted by molar-refractivity contribution is -0.121. The molecule has 2 amide bonds. The van der Waals surface area contributed by atoms with Crippen LogP contribution in [0.1, 0.15) is 39.6 Å². The topological polar surface area (TPSA) is 102 Å². The highest BCUT2D eigenvalue weighted by molar-refractivity contribution is 6.22. The molecule has 4 rings (SSSR count). The van der Waals surface area contributed by atoms with E-state index in [2.05, 4.69) is 5.32 Å². The minimum atomic E-state index is -0.712. The van der Waals surface area contributed by atoms with Crippen molar-refractivity contribution in [3.05, 3.63) is 95.3 Å². The van der Waals surface area contributed by atoms with Crippen molar-refractivity contribution in [1.29, 1.82) is 0 Å². The Labute approximate surface area is 213 Å². The number of carbonyl (C=O) groups is 4. The van der Waals surface area contributed by atoms with E-state index in [0.717, 1.165) is 10.5 Å². The Morgan fingerprint density at radius 1 is 0.946 bits per heavy atom. The van der Waals surface area contributed by atoms with Crippen molar-refractivity contribution in [2.75, 3.05) is 18.1 Å². The van der Waals surface area contributed by atoms with Gasteiger partial charge in [-0.1, -0.05) is 12.1 Å². The van der Waals surface area contributed by atoms with E-state index in [-0.39, 0.29) is 29.5 Å². The van der Waals surface area contributed by atoms with Crippen LogP contribution < -0.4 is 15.0 Å². The fourth-order valence-electron chi connectivity index (χ4n) is 3.85. The van der Waals surface area contributed by atoms with Crippen LogP contribution in [-0.2, 0) is 20.9 Å². The number of ether oxygens (including phenoxy) is 2. The van der Waals surface area contributed by atoms with Crippen LogP contribution >= 0.6 is 0 Å². The smallest absolute Gasteiger partial charge is 0.338 e. The normalized spacial score (nSPS) is 15.1. The highest BCUT2D eigenvalue weighted by Crippen LogP contribution is 2.24. The Hall–Kier alpha value is -4.37. The first-order chi connectivity index (χ1) is 17.9. The standard InChI is InChI=1S/C28H25FN2O6/c1-2-36-23-13-7-19(8-14-23)25(32)17-37-28(35)20-5-11-22(12-6-20)31-26(33)15-24(27(31)34)30-16-18-3-9-21(29)10-4-18/h3-14,24,30H,2,15-17H2,1H3. The van der Waals surface area contributed by atoms with Gasteiger partial charge in [0.1, 0.15) is 11.6 Å². The number of imide groups is 1. The average molecular weight is 505 g/mol. The first kappa shape index (κ1) is 25.7. The molecule has 9 heteroatoms. The van der Waals surface area contributed by atoms with Crippen molar-refractivity contribution in [2.24, 2.45) is 0 Å². The van der Waals surface area contributed by atoms with Gasteiger partial charge in [-0.15, -0.1) is 0 Å². The zero-order chi connectivity index (χ0) is 26.4. The van der Waals surface area contributed by atoms with E-state index in [1.807, 2.05) is 6.92 Å². The Morgan fingerprint density at radius 2 is 1.59 bits per heavy atom. The molecular weight excluding hydrogens is 479 g/mol. The lowest BCUT2D eigenvalue weighted by atomic mass is 10.1. The summed E-state index contributed by atoms with van der Waals surface area (Å²) in [5.74, 6) is -1.57. The van der Waals surface area contributed by atoms with Gasteiger partial charge in [0.2, 0.25) is 5.91 Å². The van der Waals surface area contributed by atoms with Crippen LogP contribution in [0.25, 0.3) is 0 Å². The molecule has 3 aromatic rings. The van der Waals surface area contributed by atoms with Gasteiger partial charge < -0.3 is 14.8 Å². The SMILES string of the molecule is CCOc1ccc(C(=O)COC(=O)c2ccc(N3C(=O)CC(NCc4ccc(F)cc4)C3=O)cc2)cc1. The van der Waals surface area contributed by atoms with E-state index in [4.69, 9.17) is 9.47 Å². The second kappa shape index (κ2) is 11.6. The van der Waals surface area contributed by atoms with Crippen molar-refractivity contribution < 1.29 is 33.0 Å². The molecule has 0 radical (unpaired) electrons. The van der Waals surface area contributed by atoms with Crippen molar-refractivity contribution in [2.45, 2.75) is 25.9 Å². The van der Waals surface area contributed by atoms with Crippen molar-refractivity contribution in [3.63, 3.8) is 0 Å². The van der Waals surface area contributed by atoms with Crippen molar-refractivity contribution in [1.82, 2.24) is 5.32 Å². The van der Waals surface area contributed by atoms with Gasteiger partial charge in [-0.2, -0.15) is 0 Å². The van der Waals surface area contributed by atoms with Gasteiger partial charge in [-0.05, 0) is 73.2 Å². The minimum Gasteiger partial charge on any atom is -0.494 e. The van der Waals surface area contributed by atoms with E-state index in [0.29, 0.717) is 30.2 Å². The molecule has 1 aliphatic rings. The molecule has 1 unspecified atom stereocenters. The van der Waals surface area contributed by atoms with Gasteiger partial charge in [-0.3, -0.25) is 14.4 Å². The van der Waals surface area contributed by atoms with Gasteiger partial charge in [-0.25, -0.2) is 14.1 Å². The molecule has 37 heavy (non-hydrogen) atoms. The fourth-order valence-corrected chi connectivity index (χ4v) is 3.85. The number of halogens is 1. The lowest BCUT2D eigenvalue weighted by Gasteiger charge is -2.16. The summed E-state index contributed by atoms with van der Waals surface area (Å²) in [5.41, 5.74) is 1.67. The summed E-state index contributed by atoms with van der Waals surface area (Å²) < 4.78 is 23.5. The molecule has 8 nitrogen and oxygen atoms in total. The number of benzene rings is 3. The van der Waals surface area contributed by atoms with Gasteiger partial charge >= 0.3 is 5.97 Å². The maximum absolute atomic E-state index is 13.1. The van der Waals surface area contributed by atoms with Gasteiger partial charge in [0, 0.05) is 12.1 Å². The number of nitrogens with zero attached hydrogens (tertiary/aromatic N) is 1. The highest BCUT2D eigenvalue weighted by atomic mass is 19.1. The molecule has 190 valence electrons. The third kappa shape index (κ3) is 6.25. The largest absolute Gasteiger partial charge is 0.494 e.